The molecule has 0 bridgehead atoms. The van der Waals surface area contributed by atoms with Gasteiger partial charge in [0.2, 0.25) is 12.4 Å². The second-order valence-electron chi connectivity index (χ2n) is 10.0. The number of esters is 5. The number of ether oxygens (including phenoxy) is 8. The third-order valence-electron chi connectivity index (χ3n) is 6.17. The van der Waals surface area contributed by atoms with Crippen LogP contribution in [0.3, 0.4) is 0 Å². The normalized spacial score (nSPS) is 20.9. The Hall–Kier alpha value is -4.92. The molecule has 1 aromatic heterocycles. The fourth-order valence-corrected chi connectivity index (χ4v) is 4.52. The number of fused-ring (bicyclic) bond motifs is 1. The van der Waals surface area contributed by atoms with E-state index in [-0.39, 0.29) is 29.1 Å². The van der Waals surface area contributed by atoms with E-state index in [1.54, 1.807) is 0 Å². The number of rotatable bonds is 13. The molecule has 15 heteroatoms. The van der Waals surface area contributed by atoms with Gasteiger partial charge in [-0.2, -0.15) is 0 Å². The van der Waals surface area contributed by atoms with Gasteiger partial charge in [0, 0.05) is 40.7 Å². The first kappa shape index (κ1) is 35.6. The molecule has 1 aliphatic heterocycles. The van der Waals surface area contributed by atoms with Crippen molar-refractivity contribution in [3.63, 3.8) is 0 Å². The molecular formula is C31H36O15. The Morgan fingerprint density at radius 2 is 1.46 bits per heavy atom. The minimum Gasteiger partial charge on any atom is -0.488 e. The molecule has 2 aromatic rings. The first-order valence-corrected chi connectivity index (χ1v) is 14.3. The zero-order valence-electron chi connectivity index (χ0n) is 26.2. The van der Waals surface area contributed by atoms with E-state index in [4.69, 9.17) is 42.3 Å². The molecule has 0 spiro atoms. The van der Waals surface area contributed by atoms with Crippen molar-refractivity contribution in [1.82, 2.24) is 0 Å². The topological polar surface area (TPSA) is 189 Å². The van der Waals surface area contributed by atoms with Crippen LogP contribution < -0.4 is 19.8 Å². The van der Waals surface area contributed by atoms with E-state index in [1.807, 2.05) is 19.1 Å². The Balaban J connectivity index is 2.05. The fraction of sp³-hybridized carbons (Fsp3) is 0.484. The van der Waals surface area contributed by atoms with Gasteiger partial charge in [0.1, 0.15) is 24.0 Å². The predicted molar refractivity (Wildman–Crippen MR) is 156 cm³/mol. The van der Waals surface area contributed by atoms with Gasteiger partial charge in [0.05, 0.1) is 12.0 Å². The second-order valence-corrected chi connectivity index (χ2v) is 10.0. The predicted octanol–water partition coefficient (Wildman–Crippen LogP) is 2.92. The van der Waals surface area contributed by atoms with Crippen LogP contribution in [0.2, 0.25) is 0 Å². The lowest BCUT2D eigenvalue weighted by molar-refractivity contribution is -0.288. The van der Waals surface area contributed by atoms with Gasteiger partial charge in [-0.3, -0.25) is 24.0 Å². The average molecular weight is 649 g/mol. The first-order valence-electron chi connectivity index (χ1n) is 14.3. The van der Waals surface area contributed by atoms with Crippen molar-refractivity contribution in [1.29, 1.82) is 0 Å². The smallest absolute Gasteiger partial charge is 0.383 e. The molecule has 250 valence electrons. The lowest BCUT2D eigenvalue weighted by Crippen LogP contribution is -2.63. The van der Waals surface area contributed by atoms with Crippen LogP contribution >= 0.6 is 0 Å². The minimum absolute atomic E-state index is 0.0219. The Kier molecular flexibility index (Phi) is 12.7. The number of allylic oxidation sites excluding steroid dienone is 1. The summed E-state index contributed by atoms with van der Waals surface area (Å²) in [7, 11) is 0. The Morgan fingerprint density at radius 3 is 2.07 bits per heavy atom. The highest BCUT2D eigenvalue weighted by atomic mass is 16.7. The number of benzene rings is 1. The van der Waals surface area contributed by atoms with E-state index in [9.17, 15) is 28.8 Å². The molecule has 0 amide bonds. The van der Waals surface area contributed by atoms with Crippen LogP contribution in [-0.4, -0.2) is 73.8 Å². The summed E-state index contributed by atoms with van der Waals surface area (Å²) in [6.45, 7) is 7.26. The highest BCUT2D eigenvalue weighted by Gasteiger charge is 2.53. The third-order valence-corrected chi connectivity index (χ3v) is 6.17. The second kappa shape index (κ2) is 16.4. The average Bonchev–Trinajstić information content (AvgIpc) is 2.95. The van der Waals surface area contributed by atoms with Crippen LogP contribution in [0.15, 0.2) is 39.6 Å². The van der Waals surface area contributed by atoms with Crippen LogP contribution in [0, 0.1) is 0 Å². The summed E-state index contributed by atoms with van der Waals surface area (Å²) in [5, 5.41) is 0.268. The SMILES string of the molecule is CCC=CCCOc1c(OC(C)=O)c(=O)oc2cc(O[C@@H]3O[C@H](COC(C)=O)[C@@H](OC(C)=O)[C@H](OC(C)=O)[C@H]3OC(C)=O)ccc12. The van der Waals surface area contributed by atoms with Gasteiger partial charge in [0.15, 0.2) is 18.0 Å². The summed E-state index contributed by atoms with van der Waals surface area (Å²) in [4.78, 5) is 72.3. The summed E-state index contributed by atoms with van der Waals surface area (Å²) in [5.41, 5.74) is -1.02. The zero-order valence-corrected chi connectivity index (χ0v) is 26.2. The van der Waals surface area contributed by atoms with Gasteiger partial charge in [-0.05, 0) is 25.0 Å². The third kappa shape index (κ3) is 9.79. The molecule has 1 aliphatic rings. The Bertz CT molecular complexity index is 1520. The summed E-state index contributed by atoms with van der Waals surface area (Å²) in [5.74, 6) is -4.25. The van der Waals surface area contributed by atoms with E-state index in [2.05, 4.69) is 0 Å². The van der Waals surface area contributed by atoms with Gasteiger partial charge in [-0.1, -0.05) is 19.1 Å². The van der Waals surface area contributed by atoms with E-state index >= 15 is 0 Å². The molecule has 0 saturated carbocycles. The molecule has 0 aliphatic carbocycles. The quantitative estimate of drug-likeness (QED) is 0.101. The molecule has 3 rings (SSSR count). The largest absolute Gasteiger partial charge is 0.488 e. The minimum atomic E-state index is -1.52. The molecule has 0 radical (unpaired) electrons. The molecule has 0 unspecified atom stereocenters. The van der Waals surface area contributed by atoms with Crippen molar-refractivity contribution < 1.29 is 66.3 Å². The van der Waals surface area contributed by atoms with Crippen molar-refractivity contribution >= 4 is 40.8 Å². The number of carbonyl (C=O) groups is 5. The lowest BCUT2D eigenvalue weighted by Gasteiger charge is -2.43. The molecule has 1 fully saturated rings. The first-order chi connectivity index (χ1) is 21.8. The Labute approximate surface area is 263 Å². The molecule has 0 N–H and O–H groups in total. The lowest BCUT2D eigenvalue weighted by atomic mass is 9.98. The van der Waals surface area contributed by atoms with Crippen LogP contribution in [-0.2, 0) is 47.7 Å². The molecule has 46 heavy (non-hydrogen) atoms. The van der Waals surface area contributed by atoms with Crippen molar-refractivity contribution in [2.45, 2.75) is 85.1 Å². The highest BCUT2D eigenvalue weighted by Crippen LogP contribution is 2.36. The highest BCUT2D eigenvalue weighted by molar-refractivity contribution is 5.87. The van der Waals surface area contributed by atoms with Gasteiger partial charge >= 0.3 is 35.5 Å². The monoisotopic (exact) mass is 648 g/mol. The summed E-state index contributed by atoms with van der Waals surface area (Å²) in [6.07, 6.45) is -1.86. The summed E-state index contributed by atoms with van der Waals surface area (Å²) >= 11 is 0. The molecule has 5 atom stereocenters. The fourth-order valence-electron chi connectivity index (χ4n) is 4.52. The van der Waals surface area contributed by atoms with Gasteiger partial charge in [0.25, 0.3) is 5.75 Å². The maximum Gasteiger partial charge on any atom is 0.383 e. The molecule has 15 nitrogen and oxygen atoms in total. The van der Waals surface area contributed by atoms with E-state index in [0.717, 1.165) is 41.0 Å². The van der Waals surface area contributed by atoms with Crippen molar-refractivity contribution in [2.24, 2.45) is 0 Å². The van der Waals surface area contributed by atoms with Crippen LogP contribution in [0.4, 0.5) is 0 Å². The van der Waals surface area contributed by atoms with Crippen molar-refractivity contribution in [2.75, 3.05) is 13.2 Å². The summed E-state index contributed by atoms with van der Waals surface area (Å²) < 4.78 is 49.6. The van der Waals surface area contributed by atoms with Crippen molar-refractivity contribution in [3.8, 4) is 17.2 Å². The van der Waals surface area contributed by atoms with E-state index in [1.165, 1.54) is 18.2 Å². The van der Waals surface area contributed by atoms with Crippen molar-refractivity contribution in [3.05, 3.63) is 40.8 Å². The maximum atomic E-state index is 12.8. The van der Waals surface area contributed by atoms with Crippen LogP contribution in [0.25, 0.3) is 11.0 Å². The standard InChI is InChI=1S/C31H36O15/c1-7-8-9-10-13-38-25-22-12-11-21(14-23(22)45-30(37)28(25)42-19(5)35)44-31-29(43-20(6)36)27(41-18(4)34)26(40-17(3)33)24(46-31)15-39-16(2)32/h8-9,11-12,14,24,26-27,29,31H,7,10,13,15H2,1-6H3/t24-,26-,27+,29-,31-/m1/s1. The molecule has 1 saturated heterocycles. The zero-order chi connectivity index (χ0) is 34.0. The van der Waals surface area contributed by atoms with E-state index in [0.29, 0.717) is 6.42 Å². The number of hydrogen-bond donors (Lipinski definition) is 0. The number of carbonyl (C=O) groups excluding carboxylic acids is 5. The van der Waals surface area contributed by atoms with Crippen LogP contribution in [0.1, 0.15) is 54.4 Å². The van der Waals surface area contributed by atoms with Gasteiger partial charge < -0.3 is 42.3 Å². The molecular weight excluding hydrogens is 612 g/mol. The summed E-state index contributed by atoms with van der Waals surface area (Å²) in [6, 6.07) is 4.23. The van der Waals surface area contributed by atoms with Crippen LogP contribution in [0.5, 0.6) is 17.2 Å². The molecule has 1 aromatic carbocycles. The van der Waals surface area contributed by atoms with E-state index < -0.39 is 78.5 Å². The maximum absolute atomic E-state index is 12.8. The van der Waals surface area contributed by atoms with Gasteiger partial charge in [-0.25, -0.2) is 4.79 Å². The number of hydrogen-bond acceptors (Lipinski definition) is 15. The molecule has 2 heterocycles. The van der Waals surface area contributed by atoms with Gasteiger partial charge in [-0.15, -0.1) is 0 Å². The Morgan fingerprint density at radius 1 is 0.804 bits per heavy atom.